The molecule has 0 unspecified atom stereocenters. The molecule has 1 saturated heterocycles. The second-order valence-corrected chi connectivity index (χ2v) is 4.42. The van der Waals surface area contributed by atoms with Crippen molar-refractivity contribution in [2.75, 3.05) is 34.0 Å². The first-order valence-corrected chi connectivity index (χ1v) is 6.30. The van der Waals surface area contributed by atoms with Crippen LogP contribution in [-0.4, -0.2) is 39.8 Å². The third-order valence-electron chi connectivity index (χ3n) is 3.08. The Bertz CT molecular complexity index is 390. The van der Waals surface area contributed by atoms with E-state index < -0.39 is 5.79 Å². The van der Waals surface area contributed by atoms with E-state index in [1.165, 1.54) is 0 Å². The molecule has 0 radical (unpaired) electrons. The molecule has 2 rings (SSSR count). The van der Waals surface area contributed by atoms with Crippen LogP contribution in [0.3, 0.4) is 0 Å². The van der Waals surface area contributed by atoms with Crippen molar-refractivity contribution >= 4 is 0 Å². The molecule has 0 aliphatic carbocycles. The van der Waals surface area contributed by atoms with Crippen LogP contribution in [0.4, 0.5) is 0 Å². The van der Waals surface area contributed by atoms with E-state index in [0.29, 0.717) is 43.5 Å². The number of hydrogen-bond acceptors (Lipinski definition) is 5. The molecule has 5 heteroatoms. The topological polar surface area (TPSA) is 46.2 Å². The predicted molar refractivity (Wildman–Crippen MR) is 70.0 cm³/mol. The van der Waals surface area contributed by atoms with Crippen LogP contribution in [0, 0.1) is 0 Å². The maximum Gasteiger partial charge on any atom is 0.203 e. The molecule has 1 aliphatic rings. The molecule has 0 bridgehead atoms. The number of rotatable bonds is 6. The van der Waals surface area contributed by atoms with E-state index >= 15 is 0 Å². The fraction of sp³-hybridized carbons (Fsp3) is 0.571. The Kier molecular flexibility index (Phi) is 4.50. The van der Waals surface area contributed by atoms with Gasteiger partial charge in [0, 0.05) is 6.42 Å². The first-order valence-electron chi connectivity index (χ1n) is 6.30. The molecular weight excluding hydrogens is 248 g/mol. The highest BCUT2D eigenvalue weighted by Crippen LogP contribution is 2.37. The fourth-order valence-electron chi connectivity index (χ4n) is 2.00. The maximum atomic E-state index is 5.77. The van der Waals surface area contributed by atoms with Crippen molar-refractivity contribution in [3.8, 4) is 17.2 Å². The molecule has 1 fully saturated rings. The Balaban J connectivity index is 1.98. The van der Waals surface area contributed by atoms with Gasteiger partial charge in [0.05, 0.1) is 34.0 Å². The Morgan fingerprint density at radius 1 is 1.11 bits per heavy atom. The van der Waals surface area contributed by atoms with Crippen molar-refractivity contribution in [2.45, 2.75) is 19.1 Å². The second-order valence-electron chi connectivity index (χ2n) is 4.42. The molecule has 1 heterocycles. The Morgan fingerprint density at radius 3 is 2.21 bits per heavy atom. The number of ether oxygens (including phenoxy) is 5. The van der Waals surface area contributed by atoms with E-state index in [9.17, 15) is 0 Å². The normalized spacial score (nSPS) is 17.2. The molecular formula is C14H20O5. The fourth-order valence-corrected chi connectivity index (χ4v) is 2.00. The van der Waals surface area contributed by atoms with Gasteiger partial charge in [-0.1, -0.05) is 6.07 Å². The van der Waals surface area contributed by atoms with Gasteiger partial charge in [-0.25, -0.2) is 0 Å². The highest BCUT2D eigenvalue weighted by Gasteiger charge is 2.30. The summed E-state index contributed by atoms with van der Waals surface area (Å²) in [7, 11) is 3.21. The van der Waals surface area contributed by atoms with Crippen molar-refractivity contribution in [3.63, 3.8) is 0 Å². The Morgan fingerprint density at radius 2 is 1.68 bits per heavy atom. The van der Waals surface area contributed by atoms with Gasteiger partial charge in [0.1, 0.15) is 0 Å². The standard InChI is InChI=1S/C14H20O5/c1-14(18-9-10-19-14)7-8-17-13-11(15-2)5-4-6-12(13)16-3/h4-6H,7-10H2,1-3H3. The molecule has 0 saturated carbocycles. The summed E-state index contributed by atoms with van der Waals surface area (Å²) < 4.78 is 27.4. The lowest BCUT2D eigenvalue weighted by Gasteiger charge is -2.22. The summed E-state index contributed by atoms with van der Waals surface area (Å²) in [5.41, 5.74) is 0. The van der Waals surface area contributed by atoms with E-state index in [0.717, 1.165) is 0 Å². The third-order valence-corrected chi connectivity index (χ3v) is 3.08. The van der Waals surface area contributed by atoms with Gasteiger partial charge in [-0.05, 0) is 19.1 Å². The van der Waals surface area contributed by atoms with Crippen LogP contribution < -0.4 is 14.2 Å². The SMILES string of the molecule is COc1cccc(OC)c1OCCC1(C)OCCO1. The van der Waals surface area contributed by atoms with Crippen molar-refractivity contribution in [2.24, 2.45) is 0 Å². The number of methoxy groups -OCH3 is 2. The summed E-state index contributed by atoms with van der Waals surface area (Å²) in [4.78, 5) is 0. The molecule has 5 nitrogen and oxygen atoms in total. The van der Waals surface area contributed by atoms with Gasteiger partial charge in [0.25, 0.3) is 0 Å². The zero-order valence-electron chi connectivity index (χ0n) is 11.6. The summed E-state index contributed by atoms with van der Waals surface area (Å²) in [6.07, 6.45) is 0.647. The Hall–Kier alpha value is -1.46. The summed E-state index contributed by atoms with van der Waals surface area (Å²) >= 11 is 0. The van der Waals surface area contributed by atoms with Crippen molar-refractivity contribution in [3.05, 3.63) is 18.2 Å². The summed E-state index contributed by atoms with van der Waals surface area (Å²) in [5, 5.41) is 0. The van der Waals surface area contributed by atoms with Gasteiger partial charge in [-0.2, -0.15) is 0 Å². The van der Waals surface area contributed by atoms with Crippen LogP contribution >= 0.6 is 0 Å². The smallest absolute Gasteiger partial charge is 0.203 e. The van der Waals surface area contributed by atoms with Crippen molar-refractivity contribution in [1.82, 2.24) is 0 Å². The monoisotopic (exact) mass is 268 g/mol. The van der Waals surface area contributed by atoms with E-state index in [-0.39, 0.29) is 0 Å². The second kappa shape index (κ2) is 6.12. The first-order chi connectivity index (χ1) is 9.18. The van der Waals surface area contributed by atoms with Crippen LogP contribution in [-0.2, 0) is 9.47 Å². The van der Waals surface area contributed by atoms with E-state index in [1.54, 1.807) is 14.2 Å². The molecule has 1 aromatic carbocycles. The summed E-state index contributed by atoms with van der Waals surface area (Å²) in [6, 6.07) is 5.53. The highest BCUT2D eigenvalue weighted by atomic mass is 16.7. The van der Waals surface area contributed by atoms with E-state index in [2.05, 4.69) is 0 Å². The minimum Gasteiger partial charge on any atom is -0.493 e. The molecule has 0 N–H and O–H groups in total. The Labute approximate surface area is 113 Å². The van der Waals surface area contributed by atoms with Crippen LogP contribution in [0.5, 0.6) is 17.2 Å². The van der Waals surface area contributed by atoms with Crippen LogP contribution in [0.1, 0.15) is 13.3 Å². The molecule has 19 heavy (non-hydrogen) atoms. The molecule has 106 valence electrons. The highest BCUT2D eigenvalue weighted by molar-refractivity contribution is 5.51. The molecule has 1 aromatic rings. The first kappa shape index (κ1) is 14.0. The molecule has 0 aromatic heterocycles. The van der Waals surface area contributed by atoms with Gasteiger partial charge in [0.15, 0.2) is 17.3 Å². The van der Waals surface area contributed by atoms with Crippen LogP contribution in [0.2, 0.25) is 0 Å². The lowest BCUT2D eigenvalue weighted by molar-refractivity contribution is -0.150. The van der Waals surface area contributed by atoms with Gasteiger partial charge < -0.3 is 23.7 Å². The van der Waals surface area contributed by atoms with Crippen LogP contribution in [0.25, 0.3) is 0 Å². The van der Waals surface area contributed by atoms with Gasteiger partial charge in [0.2, 0.25) is 5.75 Å². The largest absolute Gasteiger partial charge is 0.493 e. The minimum absolute atomic E-state index is 0.466. The quantitative estimate of drug-likeness (QED) is 0.791. The number of para-hydroxylation sites is 1. The van der Waals surface area contributed by atoms with Crippen LogP contribution in [0.15, 0.2) is 18.2 Å². The average molecular weight is 268 g/mol. The summed E-state index contributed by atoms with van der Waals surface area (Å²) in [6.45, 7) is 3.65. The van der Waals surface area contributed by atoms with Gasteiger partial charge in [-0.15, -0.1) is 0 Å². The molecule has 0 spiro atoms. The van der Waals surface area contributed by atoms with Gasteiger partial charge in [-0.3, -0.25) is 0 Å². The van der Waals surface area contributed by atoms with Gasteiger partial charge >= 0.3 is 0 Å². The lowest BCUT2D eigenvalue weighted by atomic mass is 10.2. The lowest BCUT2D eigenvalue weighted by Crippen LogP contribution is -2.28. The van der Waals surface area contributed by atoms with Crippen molar-refractivity contribution in [1.29, 1.82) is 0 Å². The number of hydrogen-bond donors (Lipinski definition) is 0. The number of benzene rings is 1. The minimum atomic E-state index is -0.546. The predicted octanol–water partition coefficient (Wildman–Crippen LogP) is 2.24. The average Bonchev–Trinajstić information content (AvgIpc) is 2.85. The van der Waals surface area contributed by atoms with E-state index in [4.69, 9.17) is 23.7 Å². The molecule has 0 atom stereocenters. The summed E-state index contributed by atoms with van der Waals surface area (Å²) in [5.74, 6) is 1.36. The zero-order valence-corrected chi connectivity index (χ0v) is 11.6. The van der Waals surface area contributed by atoms with Crippen molar-refractivity contribution < 1.29 is 23.7 Å². The molecule has 0 amide bonds. The zero-order chi connectivity index (χ0) is 13.7. The van der Waals surface area contributed by atoms with E-state index in [1.807, 2.05) is 25.1 Å². The maximum absolute atomic E-state index is 5.77. The molecule has 1 aliphatic heterocycles. The third kappa shape index (κ3) is 3.30.